The number of halogens is 1. The van der Waals surface area contributed by atoms with Crippen LogP contribution >= 0.6 is 15.9 Å². The number of anilines is 1. The molecule has 2 aromatic rings. The normalized spacial score (nSPS) is 13.0. The Kier molecular flexibility index (Phi) is 5.97. The minimum atomic E-state index is -1.00. The van der Waals surface area contributed by atoms with Crippen molar-refractivity contribution in [3.05, 3.63) is 40.5 Å². The number of ether oxygens (including phenoxy) is 2. The number of hydrogen-bond donors (Lipinski definition) is 1. The van der Waals surface area contributed by atoms with E-state index >= 15 is 0 Å². The molecule has 2 atom stereocenters. The van der Waals surface area contributed by atoms with Crippen molar-refractivity contribution >= 4 is 33.7 Å². The zero-order valence-electron chi connectivity index (χ0n) is 13.4. The van der Waals surface area contributed by atoms with Gasteiger partial charge >= 0.3 is 5.97 Å². The van der Waals surface area contributed by atoms with Crippen LogP contribution in [0.1, 0.15) is 19.5 Å². The Balaban J connectivity index is 1.85. The van der Waals surface area contributed by atoms with Crippen molar-refractivity contribution < 1.29 is 23.6 Å². The van der Waals surface area contributed by atoms with Gasteiger partial charge in [0.1, 0.15) is 5.75 Å². The maximum atomic E-state index is 12.0. The number of esters is 1. The van der Waals surface area contributed by atoms with E-state index in [1.165, 1.54) is 6.92 Å². The number of benzene rings is 1. The highest BCUT2D eigenvalue weighted by Crippen LogP contribution is 2.18. The summed E-state index contributed by atoms with van der Waals surface area (Å²) in [5.74, 6) is -0.443. The van der Waals surface area contributed by atoms with Crippen molar-refractivity contribution in [3.63, 3.8) is 0 Å². The molecule has 7 nitrogen and oxygen atoms in total. The molecule has 0 fully saturated rings. The Bertz CT molecular complexity index is 714. The van der Waals surface area contributed by atoms with Gasteiger partial charge in [0.2, 0.25) is 5.88 Å². The van der Waals surface area contributed by atoms with Gasteiger partial charge in [-0.15, -0.1) is 0 Å². The van der Waals surface area contributed by atoms with E-state index < -0.39 is 24.1 Å². The third-order valence-electron chi connectivity index (χ3n) is 2.99. The zero-order chi connectivity index (χ0) is 17.7. The highest BCUT2D eigenvalue weighted by molar-refractivity contribution is 9.10. The number of nitrogens with one attached hydrogen (secondary N) is 1. The van der Waals surface area contributed by atoms with E-state index in [9.17, 15) is 9.59 Å². The minimum absolute atomic E-state index is 0.194. The predicted molar refractivity (Wildman–Crippen MR) is 89.7 cm³/mol. The standard InChI is InChI=1S/C16H17BrN2O5/c1-9-8-14(24-19-9)18-15(20)10(2)23-16(21)11(3)22-13-6-4-12(17)5-7-13/h4-8,10-11H,1-3H3,(H,18,20). The van der Waals surface area contributed by atoms with Gasteiger partial charge in [-0.3, -0.25) is 10.1 Å². The van der Waals surface area contributed by atoms with Crippen molar-refractivity contribution in [2.24, 2.45) is 0 Å². The number of amides is 1. The highest BCUT2D eigenvalue weighted by Gasteiger charge is 2.24. The molecule has 1 amide bonds. The first-order valence-corrected chi connectivity index (χ1v) is 8.01. The van der Waals surface area contributed by atoms with E-state index in [-0.39, 0.29) is 5.88 Å². The first-order valence-electron chi connectivity index (χ1n) is 7.22. The summed E-state index contributed by atoms with van der Waals surface area (Å²) in [4.78, 5) is 24.0. The first-order chi connectivity index (χ1) is 11.3. The molecule has 1 N–H and O–H groups in total. The Morgan fingerprint density at radius 1 is 1.21 bits per heavy atom. The molecule has 2 rings (SSSR count). The van der Waals surface area contributed by atoms with E-state index in [4.69, 9.17) is 14.0 Å². The van der Waals surface area contributed by atoms with Crippen LogP contribution in [0, 0.1) is 6.92 Å². The summed E-state index contributed by atoms with van der Waals surface area (Å²) in [6.45, 7) is 4.74. The van der Waals surface area contributed by atoms with Gasteiger partial charge in [0.25, 0.3) is 5.91 Å². The quantitative estimate of drug-likeness (QED) is 0.754. The lowest BCUT2D eigenvalue weighted by atomic mass is 10.3. The summed E-state index contributed by atoms with van der Waals surface area (Å²) in [5, 5.41) is 6.12. The Morgan fingerprint density at radius 2 is 1.88 bits per heavy atom. The van der Waals surface area contributed by atoms with Crippen LogP contribution in [0.5, 0.6) is 5.75 Å². The van der Waals surface area contributed by atoms with Crippen molar-refractivity contribution in [1.82, 2.24) is 5.16 Å². The summed E-state index contributed by atoms with van der Waals surface area (Å²) in [6, 6.07) is 8.59. The fourth-order valence-corrected chi connectivity index (χ4v) is 2.00. The summed E-state index contributed by atoms with van der Waals surface area (Å²) < 4.78 is 16.4. The molecular weight excluding hydrogens is 380 g/mol. The molecule has 1 heterocycles. The molecule has 0 aliphatic carbocycles. The fraction of sp³-hybridized carbons (Fsp3) is 0.312. The predicted octanol–water partition coefficient (Wildman–Crippen LogP) is 3.08. The maximum Gasteiger partial charge on any atom is 0.347 e. The van der Waals surface area contributed by atoms with Gasteiger partial charge in [0, 0.05) is 10.5 Å². The highest BCUT2D eigenvalue weighted by atomic mass is 79.9. The number of carbonyl (C=O) groups excluding carboxylic acids is 2. The van der Waals surface area contributed by atoms with Crippen LogP contribution in [0.25, 0.3) is 0 Å². The van der Waals surface area contributed by atoms with Crippen LogP contribution in [-0.4, -0.2) is 29.2 Å². The molecule has 0 radical (unpaired) electrons. The molecule has 8 heteroatoms. The van der Waals surface area contributed by atoms with Crippen molar-refractivity contribution in [1.29, 1.82) is 0 Å². The van der Waals surface area contributed by atoms with Gasteiger partial charge < -0.3 is 14.0 Å². The van der Waals surface area contributed by atoms with E-state index in [1.807, 2.05) is 0 Å². The van der Waals surface area contributed by atoms with Crippen molar-refractivity contribution in [3.8, 4) is 5.75 Å². The van der Waals surface area contributed by atoms with E-state index in [0.717, 1.165) is 4.47 Å². The molecule has 1 aromatic heterocycles. The summed E-state index contributed by atoms with van der Waals surface area (Å²) in [6.07, 6.45) is -1.85. The lowest BCUT2D eigenvalue weighted by molar-refractivity contribution is -0.159. The fourth-order valence-electron chi connectivity index (χ4n) is 1.73. The largest absolute Gasteiger partial charge is 0.479 e. The van der Waals surface area contributed by atoms with Gasteiger partial charge in [0.05, 0.1) is 5.69 Å². The van der Waals surface area contributed by atoms with Crippen LogP contribution < -0.4 is 10.1 Å². The second-order valence-corrected chi connectivity index (χ2v) is 6.03. The Morgan fingerprint density at radius 3 is 2.46 bits per heavy atom. The smallest absolute Gasteiger partial charge is 0.347 e. The zero-order valence-corrected chi connectivity index (χ0v) is 15.0. The first kappa shape index (κ1) is 18.0. The van der Waals surface area contributed by atoms with Crippen LogP contribution in [0.4, 0.5) is 5.88 Å². The third kappa shape index (κ3) is 5.09. The molecular formula is C16H17BrN2O5. The molecule has 0 saturated carbocycles. The third-order valence-corrected chi connectivity index (χ3v) is 3.52. The van der Waals surface area contributed by atoms with E-state index in [1.54, 1.807) is 44.2 Å². The second kappa shape index (κ2) is 7.96. The number of nitrogens with zero attached hydrogens (tertiary/aromatic N) is 1. The monoisotopic (exact) mass is 396 g/mol. The summed E-state index contributed by atoms with van der Waals surface area (Å²) in [5.41, 5.74) is 0.631. The number of aromatic nitrogens is 1. The maximum absolute atomic E-state index is 12.0. The molecule has 0 aliphatic heterocycles. The van der Waals surface area contributed by atoms with E-state index in [0.29, 0.717) is 11.4 Å². The van der Waals surface area contributed by atoms with Crippen molar-refractivity contribution in [2.45, 2.75) is 33.0 Å². The number of rotatable bonds is 6. The van der Waals surface area contributed by atoms with E-state index in [2.05, 4.69) is 26.4 Å². The van der Waals surface area contributed by atoms with Crippen LogP contribution in [0.2, 0.25) is 0 Å². The molecule has 0 aliphatic rings. The van der Waals surface area contributed by atoms with Gasteiger partial charge in [0.15, 0.2) is 12.2 Å². The Hall–Kier alpha value is -2.35. The molecule has 128 valence electrons. The molecule has 0 bridgehead atoms. The number of aryl methyl sites for hydroxylation is 1. The van der Waals surface area contributed by atoms with Crippen LogP contribution in [-0.2, 0) is 14.3 Å². The van der Waals surface area contributed by atoms with Gasteiger partial charge in [-0.05, 0) is 45.0 Å². The van der Waals surface area contributed by atoms with Crippen molar-refractivity contribution in [2.75, 3.05) is 5.32 Å². The van der Waals surface area contributed by atoms with Gasteiger partial charge in [-0.2, -0.15) is 0 Å². The average Bonchev–Trinajstić information content (AvgIpc) is 2.94. The molecule has 24 heavy (non-hydrogen) atoms. The number of hydrogen-bond acceptors (Lipinski definition) is 6. The SMILES string of the molecule is Cc1cc(NC(=O)C(C)OC(=O)C(C)Oc2ccc(Br)cc2)on1. The molecule has 1 aromatic carbocycles. The Labute approximate surface area is 147 Å². The summed E-state index contributed by atoms with van der Waals surface area (Å²) in [7, 11) is 0. The number of carbonyl (C=O) groups is 2. The summed E-state index contributed by atoms with van der Waals surface area (Å²) >= 11 is 3.31. The molecule has 2 unspecified atom stereocenters. The lowest BCUT2D eigenvalue weighted by Gasteiger charge is -2.17. The average molecular weight is 397 g/mol. The second-order valence-electron chi connectivity index (χ2n) is 5.11. The molecule has 0 spiro atoms. The molecule has 0 saturated heterocycles. The lowest BCUT2D eigenvalue weighted by Crippen LogP contribution is -2.35. The topological polar surface area (TPSA) is 90.7 Å². The van der Waals surface area contributed by atoms with Crippen LogP contribution in [0.15, 0.2) is 39.3 Å². The van der Waals surface area contributed by atoms with Gasteiger partial charge in [-0.25, -0.2) is 4.79 Å². The van der Waals surface area contributed by atoms with Gasteiger partial charge in [-0.1, -0.05) is 21.1 Å². The van der Waals surface area contributed by atoms with Crippen LogP contribution in [0.3, 0.4) is 0 Å². The minimum Gasteiger partial charge on any atom is -0.479 e.